The first-order chi connectivity index (χ1) is 7.07. The summed E-state index contributed by atoms with van der Waals surface area (Å²) in [6.45, 7) is 0. The molecule has 0 atom stereocenters. The van der Waals surface area contributed by atoms with Crippen molar-refractivity contribution < 1.29 is 26.7 Å². The maximum absolute atomic E-state index is 12.1. The second-order valence-corrected chi connectivity index (χ2v) is 5.44. The first kappa shape index (κ1) is 13.4. The zero-order valence-electron chi connectivity index (χ0n) is 7.22. The SMILES string of the molecule is O=S(=O)(c1cc(Cl)c(O)c(Cl)c1)C(F)(F)F. The molecule has 1 rings (SSSR count). The van der Waals surface area contributed by atoms with E-state index >= 15 is 0 Å². The van der Waals surface area contributed by atoms with E-state index in [0.717, 1.165) is 0 Å². The van der Waals surface area contributed by atoms with Crippen LogP contribution < -0.4 is 0 Å². The third-order valence-electron chi connectivity index (χ3n) is 1.61. The lowest BCUT2D eigenvalue weighted by atomic mass is 10.3. The fraction of sp³-hybridized carbons (Fsp3) is 0.143. The Kier molecular flexibility index (Phi) is 3.33. The molecule has 0 aliphatic rings. The Hall–Kier alpha value is -0.660. The minimum absolute atomic E-state index is 0.478. The number of benzene rings is 1. The van der Waals surface area contributed by atoms with Gasteiger partial charge in [0.25, 0.3) is 9.84 Å². The number of hydrogen-bond acceptors (Lipinski definition) is 3. The van der Waals surface area contributed by atoms with Gasteiger partial charge >= 0.3 is 5.51 Å². The van der Waals surface area contributed by atoms with Crippen molar-refractivity contribution in [2.24, 2.45) is 0 Å². The molecule has 16 heavy (non-hydrogen) atoms. The average Bonchev–Trinajstić information content (AvgIpc) is 2.11. The largest absolute Gasteiger partial charge is 0.505 e. The molecule has 0 saturated carbocycles. The van der Waals surface area contributed by atoms with E-state index in [-0.39, 0.29) is 0 Å². The van der Waals surface area contributed by atoms with Crippen LogP contribution >= 0.6 is 23.2 Å². The number of phenolic OH excluding ortho intramolecular Hbond substituents is 1. The van der Waals surface area contributed by atoms with Crippen molar-refractivity contribution in [1.29, 1.82) is 0 Å². The summed E-state index contributed by atoms with van der Waals surface area (Å²) in [5.41, 5.74) is -5.45. The predicted molar refractivity (Wildman–Crippen MR) is 51.4 cm³/mol. The smallest absolute Gasteiger partial charge is 0.501 e. The molecule has 0 amide bonds. The molecule has 0 unspecified atom stereocenters. The molecule has 1 aromatic rings. The molecule has 0 heterocycles. The molecule has 90 valence electrons. The van der Waals surface area contributed by atoms with Crippen LogP contribution in [0.2, 0.25) is 10.0 Å². The Labute approximate surface area is 98.3 Å². The van der Waals surface area contributed by atoms with E-state index in [0.29, 0.717) is 12.1 Å². The van der Waals surface area contributed by atoms with Gasteiger partial charge in [-0.25, -0.2) is 8.42 Å². The Morgan fingerprint density at radius 3 is 1.81 bits per heavy atom. The summed E-state index contributed by atoms with van der Waals surface area (Å²) < 4.78 is 58.3. The predicted octanol–water partition coefficient (Wildman–Crippen LogP) is 2.99. The van der Waals surface area contributed by atoms with Gasteiger partial charge in [-0.05, 0) is 12.1 Å². The standard InChI is InChI=1S/C7H3Cl2F3O3S/c8-4-1-3(2-5(9)6(4)13)16(14,15)7(10,11)12/h1-2,13H. The summed E-state index contributed by atoms with van der Waals surface area (Å²) in [7, 11) is -5.52. The Morgan fingerprint density at radius 1 is 1.12 bits per heavy atom. The van der Waals surface area contributed by atoms with Gasteiger partial charge in [-0.3, -0.25) is 0 Å². The molecule has 1 N–H and O–H groups in total. The number of halogens is 5. The van der Waals surface area contributed by atoms with Crippen molar-refractivity contribution in [3.05, 3.63) is 22.2 Å². The molecule has 0 saturated heterocycles. The maximum Gasteiger partial charge on any atom is 0.501 e. The van der Waals surface area contributed by atoms with E-state index < -0.39 is 36.0 Å². The second-order valence-electron chi connectivity index (χ2n) is 2.68. The molecule has 1 aromatic carbocycles. The summed E-state index contributed by atoms with van der Waals surface area (Å²) in [4.78, 5) is -1.12. The number of hydrogen-bond donors (Lipinski definition) is 1. The Bertz CT molecular complexity index is 501. The normalized spacial score (nSPS) is 12.8. The van der Waals surface area contributed by atoms with Crippen molar-refractivity contribution in [2.75, 3.05) is 0 Å². The van der Waals surface area contributed by atoms with Gasteiger partial charge in [-0.2, -0.15) is 13.2 Å². The Morgan fingerprint density at radius 2 is 1.50 bits per heavy atom. The minimum Gasteiger partial charge on any atom is -0.505 e. The van der Waals surface area contributed by atoms with Crippen LogP contribution in [-0.4, -0.2) is 19.0 Å². The highest BCUT2D eigenvalue weighted by Crippen LogP contribution is 2.38. The van der Waals surface area contributed by atoms with Crippen LogP contribution in [0.25, 0.3) is 0 Å². The van der Waals surface area contributed by atoms with E-state index in [1.165, 1.54) is 0 Å². The molecule has 0 aromatic heterocycles. The van der Waals surface area contributed by atoms with E-state index in [1.54, 1.807) is 0 Å². The number of alkyl halides is 3. The first-order valence-electron chi connectivity index (χ1n) is 3.56. The summed E-state index contributed by atoms with van der Waals surface area (Å²) >= 11 is 10.6. The second kappa shape index (κ2) is 3.97. The highest BCUT2D eigenvalue weighted by molar-refractivity contribution is 7.92. The summed E-state index contributed by atoms with van der Waals surface area (Å²) in [6.07, 6.45) is 0. The topological polar surface area (TPSA) is 54.4 Å². The number of aromatic hydroxyl groups is 1. The average molecular weight is 295 g/mol. The van der Waals surface area contributed by atoms with E-state index in [2.05, 4.69) is 0 Å². The van der Waals surface area contributed by atoms with Crippen molar-refractivity contribution in [3.8, 4) is 5.75 Å². The molecule has 0 fully saturated rings. The summed E-state index contributed by atoms with van der Waals surface area (Å²) in [5.74, 6) is -0.676. The quantitative estimate of drug-likeness (QED) is 0.866. The lowest BCUT2D eigenvalue weighted by Gasteiger charge is -2.09. The van der Waals surface area contributed by atoms with E-state index in [1.807, 2.05) is 0 Å². The van der Waals surface area contributed by atoms with Gasteiger partial charge in [0.15, 0.2) is 5.75 Å². The summed E-state index contributed by atoms with van der Waals surface area (Å²) in [6, 6.07) is 0.956. The van der Waals surface area contributed by atoms with Crippen LogP contribution in [0.5, 0.6) is 5.75 Å². The molecule has 0 radical (unpaired) electrons. The van der Waals surface area contributed by atoms with E-state index in [4.69, 9.17) is 28.3 Å². The molecular weight excluding hydrogens is 292 g/mol. The third-order valence-corrected chi connectivity index (χ3v) is 3.65. The van der Waals surface area contributed by atoms with Gasteiger partial charge < -0.3 is 5.11 Å². The minimum atomic E-state index is -5.52. The monoisotopic (exact) mass is 294 g/mol. The molecule has 9 heteroatoms. The van der Waals surface area contributed by atoms with Crippen LogP contribution in [0.4, 0.5) is 13.2 Å². The lowest BCUT2D eigenvalue weighted by molar-refractivity contribution is -0.0436. The van der Waals surface area contributed by atoms with Gasteiger partial charge in [-0.1, -0.05) is 23.2 Å². The number of rotatable bonds is 1. The molecule has 0 spiro atoms. The van der Waals surface area contributed by atoms with Crippen molar-refractivity contribution in [3.63, 3.8) is 0 Å². The van der Waals surface area contributed by atoms with Gasteiger partial charge in [-0.15, -0.1) is 0 Å². The lowest BCUT2D eigenvalue weighted by Crippen LogP contribution is -2.23. The van der Waals surface area contributed by atoms with E-state index in [9.17, 15) is 21.6 Å². The fourth-order valence-electron chi connectivity index (χ4n) is 0.831. The van der Waals surface area contributed by atoms with Crippen LogP contribution in [-0.2, 0) is 9.84 Å². The number of sulfone groups is 1. The molecular formula is C7H3Cl2F3O3S. The molecule has 0 aliphatic carbocycles. The first-order valence-corrected chi connectivity index (χ1v) is 5.80. The van der Waals surface area contributed by atoms with Crippen LogP contribution in [0, 0.1) is 0 Å². The summed E-state index contributed by atoms with van der Waals surface area (Å²) in [5, 5.41) is 7.91. The van der Waals surface area contributed by atoms with Crippen LogP contribution in [0.3, 0.4) is 0 Å². The fourth-order valence-corrected chi connectivity index (χ4v) is 2.26. The Balaban J connectivity index is 3.49. The highest BCUT2D eigenvalue weighted by atomic mass is 35.5. The van der Waals surface area contributed by atoms with Crippen molar-refractivity contribution >= 4 is 33.0 Å². The van der Waals surface area contributed by atoms with Gasteiger partial charge in [0, 0.05) is 0 Å². The van der Waals surface area contributed by atoms with Crippen LogP contribution in [0.1, 0.15) is 0 Å². The van der Waals surface area contributed by atoms with Crippen molar-refractivity contribution in [2.45, 2.75) is 10.4 Å². The molecule has 3 nitrogen and oxygen atoms in total. The van der Waals surface area contributed by atoms with Gasteiger partial charge in [0.05, 0.1) is 14.9 Å². The van der Waals surface area contributed by atoms with Gasteiger partial charge in [0.1, 0.15) is 0 Å². The highest BCUT2D eigenvalue weighted by Gasteiger charge is 2.47. The zero-order valence-corrected chi connectivity index (χ0v) is 9.54. The zero-order chi connectivity index (χ0) is 12.7. The third kappa shape index (κ3) is 2.21. The molecule has 0 aliphatic heterocycles. The van der Waals surface area contributed by atoms with Crippen LogP contribution in [0.15, 0.2) is 17.0 Å². The number of phenols is 1. The van der Waals surface area contributed by atoms with Crippen molar-refractivity contribution in [1.82, 2.24) is 0 Å². The molecule has 0 bridgehead atoms. The van der Waals surface area contributed by atoms with Gasteiger partial charge in [0.2, 0.25) is 0 Å². The maximum atomic E-state index is 12.1.